The first kappa shape index (κ1) is 12.5. The van der Waals surface area contributed by atoms with E-state index in [1.807, 2.05) is 0 Å². The number of ether oxygens (including phenoxy) is 1. The number of halogens is 2. The second kappa shape index (κ2) is 6.99. The molecule has 0 spiro atoms. The molecule has 0 aromatic rings. The van der Waals surface area contributed by atoms with E-state index in [2.05, 4.69) is 4.74 Å². The summed E-state index contributed by atoms with van der Waals surface area (Å²) in [5, 5.41) is 1.72. The summed E-state index contributed by atoms with van der Waals surface area (Å²) in [4.78, 5) is 21.0. The lowest BCUT2D eigenvalue weighted by molar-refractivity contribution is -0.144. The quantitative estimate of drug-likeness (QED) is 0.527. The van der Waals surface area contributed by atoms with E-state index in [1.54, 1.807) is 24.4 Å². The predicted octanol–water partition coefficient (Wildman–Crippen LogP) is 0.487. The van der Waals surface area contributed by atoms with E-state index in [-0.39, 0.29) is 6.61 Å². The van der Waals surface area contributed by atoms with Gasteiger partial charge in [0.1, 0.15) is 13.2 Å². The van der Waals surface area contributed by atoms with Crippen LogP contribution in [0.5, 0.6) is 0 Å². The van der Waals surface area contributed by atoms with Gasteiger partial charge >= 0.3 is 12.4 Å². The summed E-state index contributed by atoms with van der Waals surface area (Å²) < 4.78 is 27.7. The lowest BCUT2D eigenvalue weighted by Gasteiger charge is -2.03. The molecule has 0 aromatic heterocycles. The molecule has 80 valence electrons. The summed E-state index contributed by atoms with van der Waals surface area (Å²) in [6.45, 7) is 1.27. The Balaban J connectivity index is 3.59. The Morgan fingerprint density at radius 3 is 2.64 bits per heavy atom. The molecule has 1 amide bonds. The number of alkyl halides is 2. The molecular weight excluding hydrogens is 196 g/mol. The SMILES string of the molecule is C/C=C\COC(=O)CNC(=O)C(F)F. The Bertz CT molecular complexity index is 229. The van der Waals surface area contributed by atoms with Gasteiger partial charge in [-0.2, -0.15) is 8.78 Å². The van der Waals surface area contributed by atoms with E-state index in [0.717, 1.165) is 0 Å². The van der Waals surface area contributed by atoms with E-state index in [0.29, 0.717) is 0 Å². The average molecular weight is 207 g/mol. The molecule has 14 heavy (non-hydrogen) atoms. The fourth-order valence-corrected chi connectivity index (χ4v) is 0.525. The summed E-state index contributed by atoms with van der Waals surface area (Å²) in [5.41, 5.74) is 0. The zero-order chi connectivity index (χ0) is 11.0. The lowest BCUT2D eigenvalue weighted by atomic mass is 10.5. The monoisotopic (exact) mass is 207 g/mol. The van der Waals surface area contributed by atoms with Gasteiger partial charge in [0.05, 0.1) is 0 Å². The topological polar surface area (TPSA) is 55.4 Å². The van der Waals surface area contributed by atoms with Crippen LogP contribution in [0.25, 0.3) is 0 Å². The van der Waals surface area contributed by atoms with Crippen molar-refractivity contribution in [1.29, 1.82) is 0 Å². The first-order valence-electron chi connectivity index (χ1n) is 3.90. The fourth-order valence-electron chi connectivity index (χ4n) is 0.525. The smallest absolute Gasteiger partial charge is 0.325 e. The molecule has 0 aliphatic rings. The third kappa shape index (κ3) is 6.10. The van der Waals surface area contributed by atoms with E-state index in [4.69, 9.17) is 0 Å². The minimum Gasteiger partial charge on any atom is -0.460 e. The van der Waals surface area contributed by atoms with Gasteiger partial charge in [0.15, 0.2) is 0 Å². The maximum Gasteiger partial charge on any atom is 0.325 e. The average Bonchev–Trinajstić information content (AvgIpc) is 2.14. The maximum absolute atomic E-state index is 11.6. The van der Waals surface area contributed by atoms with Crippen LogP contribution in [0.15, 0.2) is 12.2 Å². The highest BCUT2D eigenvalue weighted by Gasteiger charge is 2.15. The molecule has 0 radical (unpaired) electrons. The van der Waals surface area contributed by atoms with Gasteiger partial charge in [-0.15, -0.1) is 0 Å². The van der Waals surface area contributed by atoms with Crippen LogP contribution >= 0.6 is 0 Å². The van der Waals surface area contributed by atoms with Crippen molar-refractivity contribution in [2.75, 3.05) is 13.2 Å². The van der Waals surface area contributed by atoms with Gasteiger partial charge in [-0.3, -0.25) is 9.59 Å². The zero-order valence-electron chi connectivity index (χ0n) is 7.63. The highest BCUT2D eigenvalue weighted by Crippen LogP contribution is 1.90. The molecule has 1 N–H and O–H groups in total. The molecule has 4 nitrogen and oxygen atoms in total. The minimum atomic E-state index is -3.11. The minimum absolute atomic E-state index is 0.0693. The molecule has 0 rings (SSSR count). The molecule has 0 bridgehead atoms. The van der Waals surface area contributed by atoms with Crippen molar-refractivity contribution in [3.63, 3.8) is 0 Å². The third-order valence-electron chi connectivity index (χ3n) is 1.18. The first-order valence-corrected chi connectivity index (χ1v) is 3.90. The summed E-state index contributed by atoms with van der Waals surface area (Å²) >= 11 is 0. The van der Waals surface area contributed by atoms with Crippen molar-refractivity contribution >= 4 is 11.9 Å². The number of esters is 1. The van der Waals surface area contributed by atoms with Crippen LogP contribution in [-0.2, 0) is 14.3 Å². The second-order valence-electron chi connectivity index (χ2n) is 2.27. The largest absolute Gasteiger partial charge is 0.460 e. The van der Waals surface area contributed by atoms with Crippen molar-refractivity contribution in [2.45, 2.75) is 13.3 Å². The molecule has 0 aliphatic heterocycles. The van der Waals surface area contributed by atoms with Crippen LogP contribution in [0.3, 0.4) is 0 Å². The lowest BCUT2D eigenvalue weighted by Crippen LogP contribution is -2.34. The van der Waals surface area contributed by atoms with E-state index in [9.17, 15) is 18.4 Å². The normalized spacial score (nSPS) is 10.6. The van der Waals surface area contributed by atoms with Gasteiger partial charge in [-0.25, -0.2) is 0 Å². The number of hydrogen-bond acceptors (Lipinski definition) is 3. The van der Waals surface area contributed by atoms with Gasteiger partial charge in [0.25, 0.3) is 5.91 Å². The van der Waals surface area contributed by atoms with Gasteiger partial charge in [-0.1, -0.05) is 12.2 Å². The molecule has 0 saturated heterocycles. The van der Waals surface area contributed by atoms with Gasteiger partial charge < -0.3 is 10.1 Å². The number of carbonyl (C=O) groups is 2. The van der Waals surface area contributed by atoms with Crippen molar-refractivity contribution < 1.29 is 23.1 Å². The standard InChI is InChI=1S/C8H11F2NO3/c1-2-3-4-14-6(12)5-11-8(13)7(9)10/h2-3,7H,4-5H2,1H3,(H,11,13)/b3-2-. The molecule has 0 aromatic carbocycles. The number of rotatable bonds is 5. The van der Waals surface area contributed by atoms with Crippen LogP contribution in [-0.4, -0.2) is 31.5 Å². The van der Waals surface area contributed by atoms with E-state index in [1.165, 1.54) is 0 Å². The summed E-state index contributed by atoms with van der Waals surface area (Å²) in [7, 11) is 0. The van der Waals surface area contributed by atoms with Crippen molar-refractivity contribution in [1.82, 2.24) is 5.32 Å². The van der Waals surface area contributed by atoms with E-state index >= 15 is 0 Å². The number of carbonyl (C=O) groups excluding carboxylic acids is 2. The van der Waals surface area contributed by atoms with Gasteiger partial charge in [0, 0.05) is 0 Å². The Morgan fingerprint density at radius 1 is 1.50 bits per heavy atom. The van der Waals surface area contributed by atoms with Crippen LogP contribution in [0.1, 0.15) is 6.92 Å². The van der Waals surface area contributed by atoms with Crippen molar-refractivity contribution in [3.05, 3.63) is 12.2 Å². The summed E-state index contributed by atoms with van der Waals surface area (Å²) in [6.07, 6.45) is 0.135. The Morgan fingerprint density at radius 2 is 2.14 bits per heavy atom. The molecule has 0 aliphatic carbocycles. The summed E-state index contributed by atoms with van der Waals surface area (Å²) in [5.74, 6) is -2.23. The number of amides is 1. The fraction of sp³-hybridized carbons (Fsp3) is 0.500. The zero-order valence-corrected chi connectivity index (χ0v) is 7.63. The highest BCUT2D eigenvalue weighted by molar-refractivity contribution is 5.83. The highest BCUT2D eigenvalue weighted by atomic mass is 19.3. The van der Waals surface area contributed by atoms with Crippen LogP contribution in [0.4, 0.5) is 8.78 Å². The molecular formula is C8H11F2NO3. The third-order valence-corrected chi connectivity index (χ3v) is 1.18. The van der Waals surface area contributed by atoms with Crippen LogP contribution < -0.4 is 5.32 Å². The number of allylic oxidation sites excluding steroid dienone is 1. The number of hydrogen-bond donors (Lipinski definition) is 1. The Labute approximate surface area is 79.9 Å². The number of nitrogens with one attached hydrogen (secondary N) is 1. The van der Waals surface area contributed by atoms with Gasteiger partial charge in [-0.05, 0) is 6.92 Å². The molecule has 0 heterocycles. The molecule has 6 heteroatoms. The van der Waals surface area contributed by atoms with E-state index < -0.39 is 24.8 Å². The van der Waals surface area contributed by atoms with Gasteiger partial charge in [0.2, 0.25) is 0 Å². The maximum atomic E-state index is 11.6. The molecule has 0 fully saturated rings. The molecule has 0 unspecified atom stereocenters. The molecule has 0 saturated carbocycles. The summed E-state index contributed by atoms with van der Waals surface area (Å²) in [6, 6.07) is 0. The van der Waals surface area contributed by atoms with Crippen LogP contribution in [0, 0.1) is 0 Å². The first-order chi connectivity index (χ1) is 6.57. The Hall–Kier alpha value is -1.46. The predicted molar refractivity (Wildman–Crippen MR) is 44.8 cm³/mol. The second-order valence-corrected chi connectivity index (χ2v) is 2.27. The molecule has 0 atom stereocenters. The Kier molecular flexibility index (Phi) is 6.26. The van der Waals surface area contributed by atoms with Crippen molar-refractivity contribution in [3.8, 4) is 0 Å². The van der Waals surface area contributed by atoms with Crippen molar-refractivity contribution in [2.24, 2.45) is 0 Å². The van der Waals surface area contributed by atoms with Crippen LogP contribution in [0.2, 0.25) is 0 Å².